The normalized spacial score (nSPS) is 10.9. The van der Waals surface area contributed by atoms with E-state index in [1.165, 1.54) is 0 Å². The lowest BCUT2D eigenvalue weighted by atomic mass is 10.1. The van der Waals surface area contributed by atoms with Crippen LogP contribution in [0.25, 0.3) is 11.6 Å². The van der Waals surface area contributed by atoms with Crippen molar-refractivity contribution >= 4 is 11.6 Å². The molecule has 0 spiro atoms. The molecule has 0 saturated carbocycles. The molecule has 0 fully saturated rings. The topological polar surface area (TPSA) is 55.1 Å². The van der Waals surface area contributed by atoms with E-state index in [1.807, 2.05) is 36.4 Å². The molecule has 1 aromatic carbocycles. The van der Waals surface area contributed by atoms with Gasteiger partial charge in [0.25, 0.3) is 0 Å². The summed E-state index contributed by atoms with van der Waals surface area (Å²) in [6.07, 6.45) is 5.55. The van der Waals surface area contributed by atoms with E-state index in [1.54, 1.807) is 19.4 Å². The molecule has 1 aromatic heterocycles. The Morgan fingerprint density at radius 1 is 1.26 bits per heavy atom. The summed E-state index contributed by atoms with van der Waals surface area (Å²) in [5.74, 6) is 1.38. The van der Waals surface area contributed by atoms with Crippen LogP contribution < -0.4 is 9.47 Å². The van der Waals surface area contributed by atoms with Crippen LogP contribution in [-0.2, 0) is 0 Å². The number of nitrogens with zero attached hydrogens (tertiary/aromatic N) is 2. The van der Waals surface area contributed by atoms with Crippen molar-refractivity contribution in [3.8, 4) is 17.6 Å². The molecular formula is C19H20N2O2. The number of allylic oxidation sites excluding steroid dienone is 1. The Balaban J connectivity index is 2.26. The maximum atomic E-state index is 9.35. The summed E-state index contributed by atoms with van der Waals surface area (Å²) in [6.45, 7) is 2.79. The molecule has 0 N–H and O–H groups in total. The third-order valence-electron chi connectivity index (χ3n) is 3.32. The Labute approximate surface area is 137 Å². The number of ether oxygens (including phenoxy) is 2. The fourth-order valence-electron chi connectivity index (χ4n) is 2.07. The van der Waals surface area contributed by atoms with E-state index in [0.717, 1.165) is 24.2 Å². The van der Waals surface area contributed by atoms with Crippen LogP contribution in [-0.4, -0.2) is 18.7 Å². The first kappa shape index (κ1) is 16.6. The number of methoxy groups -OCH3 is 1. The lowest BCUT2D eigenvalue weighted by Crippen LogP contribution is -1.99. The van der Waals surface area contributed by atoms with Crippen LogP contribution in [0.1, 0.15) is 31.0 Å². The van der Waals surface area contributed by atoms with Crippen LogP contribution in [0.4, 0.5) is 0 Å². The van der Waals surface area contributed by atoms with Crippen LogP contribution in [0.5, 0.6) is 11.5 Å². The highest BCUT2D eigenvalue weighted by atomic mass is 16.5. The molecule has 2 aromatic rings. The van der Waals surface area contributed by atoms with Gasteiger partial charge < -0.3 is 9.47 Å². The highest BCUT2D eigenvalue weighted by molar-refractivity contribution is 5.88. The summed E-state index contributed by atoms with van der Waals surface area (Å²) < 4.78 is 11.1. The zero-order chi connectivity index (χ0) is 16.5. The number of rotatable bonds is 7. The van der Waals surface area contributed by atoms with Crippen molar-refractivity contribution in [1.29, 1.82) is 5.26 Å². The maximum Gasteiger partial charge on any atom is 0.161 e. The Morgan fingerprint density at radius 2 is 2.13 bits per heavy atom. The lowest BCUT2D eigenvalue weighted by Gasteiger charge is -2.11. The summed E-state index contributed by atoms with van der Waals surface area (Å²) in [5.41, 5.74) is 2.02. The average Bonchev–Trinajstić information content (AvgIpc) is 2.61. The first-order chi connectivity index (χ1) is 11.3. The Bertz CT molecular complexity index is 703. The predicted molar refractivity (Wildman–Crippen MR) is 91.1 cm³/mol. The summed E-state index contributed by atoms with van der Waals surface area (Å²) >= 11 is 0. The second-order valence-corrected chi connectivity index (χ2v) is 5.00. The molecule has 0 bridgehead atoms. The van der Waals surface area contributed by atoms with Gasteiger partial charge in [0, 0.05) is 6.20 Å². The Hall–Kier alpha value is -2.80. The van der Waals surface area contributed by atoms with E-state index in [0.29, 0.717) is 23.6 Å². The SMILES string of the molecule is CCCCOc1ccc(/C=C(\C#N)c2ccccn2)cc1OC. The number of pyridine rings is 1. The van der Waals surface area contributed by atoms with Crippen molar-refractivity contribution in [3.05, 3.63) is 53.9 Å². The largest absolute Gasteiger partial charge is 0.493 e. The van der Waals surface area contributed by atoms with E-state index in [4.69, 9.17) is 9.47 Å². The fourth-order valence-corrected chi connectivity index (χ4v) is 2.07. The monoisotopic (exact) mass is 308 g/mol. The minimum atomic E-state index is 0.507. The first-order valence-corrected chi connectivity index (χ1v) is 7.62. The van der Waals surface area contributed by atoms with E-state index in [9.17, 15) is 5.26 Å². The van der Waals surface area contributed by atoms with Gasteiger partial charge in [0.2, 0.25) is 0 Å². The summed E-state index contributed by atoms with van der Waals surface area (Å²) in [5, 5.41) is 9.35. The molecule has 0 aliphatic carbocycles. The highest BCUT2D eigenvalue weighted by Gasteiger charge is 2.07. The van der Waals surface area contributed by atoms with Crippen LogP contribution in [0.2, 0.25) is 0 Å². The van der Waals surface area contributed by atoms with Crippen LogP contribution in [0.3, 0.4) is 0 Å². The smallest absolute Gasteiger partial charge is 0.161 e. The molecule has 0 atom stereocenters. The van der Waals surface area contributed by atoms with Gasteiger partial charge in [-0.15, -0.1) is 0 Å². The van der Waals surface area contributed by atoms with Gasteiger partial charge in [-0.25, -0.2) is 0 Å². The molecule has 2 rings (SSSR count). The van der Waals surface area contributed by atoms with Gasteiger partial charge in [0.15, 0.2) is 11.5 Å². The van der Waals surface area contributed by atoms with Crippen LogP contribution >= 0.6 is 0 Å². The Kier molecular flexibility index (Phi) is 6.19. The molecule has 4 nitrogen and oxygen atoms in total. The van der Waals surface area contributed by atoms with Gasteiger partial charge in [0.05, 0.1) is 25.0 Å². The van der Waals surface area contributed by atoms with Crippen LogP contribution in [0, 0.1) is 11.3 Å². The quantitative estimate of drug-likeness (QED) is 0.564. The predicted octanol–water partition coefficient (Wildman–Crippen LogP) is 4.33. The van der Waals surface area contributed by atoms with Gasteiger partial charge >= 0.3 is 0 Å². The summed E-state index contributed by atoms with van der Waals surface area (Å²) in [4.78, 5) is 4.21. The third kappa shape index (κ3) is 4.58. The molecule has 23 heavy (non-hydrogen) atoms. The lowest BCUT2D eigenvalue weighted by molar-refractivity contribution is 0.288. The number of hydrogen-bond donors (Lipinski definition) is 0. The number of hydrogen-bond acceptors (Lipinski definition) is 4. The number of aromatic nitrogens is 1. The van der Waals surface area contributed by atoms with Crippen LogP contribution in [0.15, 0.2) is 42.6 Å². The van der Waals surface area contributed by atoms with Gasteiger partial charge in [0.1, 0.15) is 6.07 Å². The van der Waals surface area contributed by atoms with E-state index in [-0.39, 0.29) is 0 Å². The van der Waals surface area contributed by atoms with Crippen molar-refractivity contribution in [2.24, 2.45) is 0 Å². The molecular weight excluding hydrogens is 288 g/mol. The molecule has 0 amide bonds. The van der Waals surface area contributed by atoms with Crippen molar-refractivity contribution < 1.29 is 9.47 Å². The molecule has 0 saturated heterocycles. The fraction of sp³-hybridized carbons (Fsp3) is 0.263. The molecule has 0 unspecified atom stereocenters. The zero-order valence-corrected chi connectivity index (χ0v) is 13.5. The van der Waals surface area contributed by atoms with Crippen molar-refractivity contribution in [3.63, 3.8) is 0 Å². The van der Waals surface area contributed by atoms with E-state index >= 15 is 0 Å². The van der Waals surface area contributed by atoms with Crippen molar-refractivity contribution in [2.75, 3.05) is 13.7 Å². The molecule has 0 aliphatic heterocycles. The molecule has 0 radical (unpaired) electrons. The maximum absolute atomic E-state index is 9.35. The highest BCUT2D eigenvalue weighted by Crippen LogP contribution is 2.29. The van der Waals surface area contributed by atoms with E-state index in [2.05, 4.69) is 18.0 Å². The second-order valence-electron chi connectivity index (χ2n) is 5.00. The number of nitriles is 1. The second kappa shape index (κ2) is 8.60. The van der Waals surface area contributed by atoms with Gasteiger partial charge in [-0.3, -0.25) is 4.98 Å². The Morgan fingerprint density at radius 3 is 2.78 bits per heavy atom. The van der Waals surface area contributed by atoms with Gasteiger partial charge in [-0.05, 0) is 42.3 Å². The minimum Gasteiger partial charge on any atom is -0.493 e. The minimum absolute atomic E-state index is 0.507. The average molecular weight is 308 g/mol. The first-order valence-electron chi connectivity index (χ1n) is 7.62. The molecule has 1 heterocycles. The van der Waals surface area contributed by atoms with Crippen molar-refractivity contribution in [2.45, 2.75) is 19.8 Å². The molecule has 4 heteroatoms. The zero-order valence-electron chi connectivity index (χ0n) is 13.5. The number of benzene rings is 1. The summed E-state index contributed by atoms with van der Waals surface area (Å²) in [7, 11) is 1.61. The van der Waals surface area contributed by atoms with E-state index < -0.39 is 0 Å². The number of unbranched alkanes of at least 4 members (excludes halogenated alkanes) is 1. The van der Waals surface area contributed by atoms with Gasteiger partial charge in [-0.2, -0.15) is 5.26 Å². The third-order valence-corrected chi connectivity index (χ3v) is 3.32. The van der Waals surface area contributed by atoms with Crippen molar-refractivity contribution in [1.82, 2.24) is 4.98 Å². The standard InChI is InChI=1S/C19H20N2O2/c1-3-4-11-23-18-9-8-15(13-19(18)22-2)12-16(14-20)17-7-5-6-10-21-17/h5-10,12-13H,3-4,11H2,1-2H3/b16-12+. The van der Waals surface area contributed by atoms with Gasteiger partial charge in [-0.1, -0.05) is 25.5 Å². The molecule has 0 aliphatic rings. The molecule has 118 valence electrons. The summed E-state index contributed by atoms with van der Waals surface area (Å²) in [6, 6.07) is 13.3.